The van der Waals surface area contributed by atoms with Crippen LogP contribution in [0.4, 0.5) is 5.69 Å². The van der Waals surface area contributed by atoms with Crippen molar-refractivity contribution in [3.05, 3.63) is 64.7 Å². The number of carbonyl (C=O) groups is 2. The van der Waals surface area contributed by atoms with Crippen LogP contribution in [0.25, 0.3) is 0 Å². The number of benzene rings is 2. The second-order valence-corrected chi connectivity index (χ2v) is 7.89. The topological polar surface area (TPSA) is 91.8 Å². The molecule has 0 saturated carbocycles. The van der Waals surface area contributed by atoms with E-state index in [0.717, 1.165) is 41.8 Å². The zero-order valence-electron chi connectivity index (χ0n) is 18.3. The van der Waals surface area contributed by atoms with Crippen molar-refractivity contribution < 1.29 is 14.3 Å². The molecule has 1 aliphatic heterocycles. The molecule has 3 N–H and O–H groups in total. The van der Waals surface area contributed by atoms with Crippen LogP contribution < -0.4 is 16.0 Å². The van der Waals surface area contributed by atoms with E-state index in [0.29, 0.717) is 24.6 Å². The summed E-state index contributed by atoms with van der Waals surface area (Å²) in [5.74, 6) is 0.0493. The number of carbonyl (C=O) groups excluding carboxylic acids is 2. The third-order valence-corrected chi connectivity index (χ3v) is 4.95. The Kier molecular flexibility index (Phi) is 7.78. The summed E-state index contributed by atoms with van der Waals surface area (Å²) in [6.07, 6.45) is 2.10. The van der Waals surface area contributed by atoms with Gasteiger partial charge in [-0.25, -0.2) is 4.99 Å². The third-order valence-electron chi connectivity index (χ3n) is 4.95. The summed E-state index contributed by atoms with van der Waals surface area (Å²) in [5.41, 5.74) is 4.56. The molecular weight excluding hydrogens is 392 g/mol. The zero-order valence-corrected chi connectivity index (χ0v) is 18.3. The molecule has 0 unspecified atom stereocenters. The first-order valence-electron chi connectivity index (χ1n) is 10.5. The summed E-state index contributed by atoms with van der Waals surface area (Å²) in [7, 11) is 0. The number of guanidine groups is 1. The highest BCUT2D eigenvalue weighted by atomic mass is 16.5. The lowest BCUT2D eigenvalue weighted by Gasteiger charge is -2.14. The third kappa shape index (κ3) is 7.22. The summed E-state index contributed by atoms with van der Waals surface area (Å²) in [5, 5.41) is 8.88. The second-order valence-electron chi connectivity index (χ2n) is 7.89. The van der Waals surface area contributed by atoms with Crippen LogP contribution in [0, 0.1) is 13.8 Å². The largest absolute Gasteiger partial charge is 0.376 e. The molecule has 0 radical (unpaired) electrons. The van der Waals surface area contributed by atoms with Crippen molar-refractivity contribution in [2.75, 3.05) is 18.5 Å². The van der Waals surface area contributed by atoms with Gasteiger partial charge < -0.3 is 15.4 Å². The number of aliphatic imine (C=N–C) groups is 1. The van der Waals surface area contributed by atoms with Crippen LogP contribution in [0.15, 0.2) is 47.5 Å². The Labute approximate surface area is 183 Å². The van der Waals surface area contributed by atoms with Crippen molar-refractivity contribution in [2.24, 2.45) is 4.99 Å². The average molecular weight is 423 g/mol. The van der Waals surface area contributed by atoms with Crippen LogP contribution in [0.5, 0.6) is 0 Å². The fourth-order valence-electron chi connectivity index (χ4n) is 3.46. The molecule has 164 valence electrons. The Morgan fingerprint density at radius 2 is 1.81 bits per heavy atom. The summed E-state index contributed by atoms with van der Waals surface area (Å²) in [4.78, 5) is 28.5. The molecule has 7 nitrogen and oxygen atoms in total. The molecule has 3 rings (SSSR count). The van der Waals surface area contributed by atoms with Gasteiger partial charge in [-0.3, -0.25) is 14.9 Å². The van der Waals surface area contributed by atoms with Gasteiger partial charge in [0.05, 0.1) is 12.6 Å². The van der Waals surface area contributed by atoms with Gasteiger partial charge in [0.25, 0.3) is 5.91 Å². The smallest absolute Gasteiger partial charge is 0.257 e. The minimum atomic E-state index is -0.256. The van der Waals surface area contributed by atoms with Gasteiger partial charge in [-0.1, -0.05) is 18.2 Å². The van der Waals surface area contributed by atoms with Gasteiger partial charge in [0.2, 0.25) is 11.9 Å². The Hall–Kier alpha value is -3.19. The van der Waals surface area contributed by atoms with E-state index in [9.17, 15) is 9.59 Å². The summed E-state index contributed by atoms with van der Waals surface area (Å²) in [6.45, 7) is 7.22. The van der Waals surface area contributed by atoms with Gasteiger partial charge in [0.15, 0.2) is 0 Å². The molecular formula is C24H30N4O3. The predicted molar refractivity (Wildman–Crippen MR) is 122 cm³/mol. The molecule has 1 heterocycles. The van der Waals surface area contributed by atoms with Gasteiger partial charge in [0, 0.05) is 31.3 Å². The predicted octanol–water partition coefficient (Wildman–Crippen LogP) is 3.32. The molecule has 0 bridgehead atoms. The van der Waals surface area contributed by atoms with Crippen molar-refractivity contribution in [3.8, 4) is 0 Å². The highest BCUT2D eigenvalue weighted by molar-refractivity contribution is 6.10. The fourth-order valence-corrected chi connectivity index (χ4v) is 3.46. The Morgan fingerprint density at radius 3 is 2.42 bits per heavy atom. The molecule has 2 aromatic carbocycles. The molecule has 1 fully saturated rings. The number of ether oxygens (including phenoxy) is 1. The minimum absolute atomic E-state index is 0.0843. The number of anilines is 1. The van der Waals surface area contributed by atoms with E-state index in [1.807, 2.05) is 38.1 Å². The van der Waals surface area contributed by atoms with Gasteiger partial charge >= 0.3 is 0 Å². The van der Waals surface area contributed by atoms with Crippen LogP contribution in [-0.2, 0) is 16.1 Å². The van der Waals surface area contributed by atoms with Crippen molar-refractivity contribution in [1.29, 1.82) is 0 Å². The lowest BCUT2D eigenvalue weighted by atomic mass is 10.1. The van der Waals surface area contributed by atoms with E-state index < -0.39 is 0 Å². The van der Waals surface area contributed by atoms with Gasteiger partial charge in [-0.15, -0.1) is 0 Å². The maximum Gasteiger partial charge on any atom is 0.257 e. The van der Waals surface area contributed by atoms with Gasteiger partial charge in [0.1, 0.15) is 0 Å². The Bertz CT molecular complexity index is 928. The fraction of sp³-hybridized carbons (Fsp3) is 0.375. The number of hydrogen-bond acceptors (Lipinski definition) is 4. The van der Waals surface area contributed by atoms with Crippen LogP contribution in [0.2, 0.25) is 0 Å². The average Bonchev–Trinajstić information content (AvgIpc) is 3.23. The number of amides is 2. The summed E-state index contributed by atoms with van der Waals surface area (Å²) in [6, 6.07) is 13.2. The molecule has 1 saturated heterocycles. The van der Waals surface area contributed by atoms with E-state index in [4.69, 9.17) is 4.74 Å². The van der Waals surface area contributed by atoms with E-state index in [-0.39, 0.29) is 17.9 Å². The van der Waals surface area contributed by atoms with Crippen molar-refractivity contribution in [3.63, 3.8) is 0 Å². The Morgan fingerprint density at radius 1 is 1.10 bits per heavy atom. The highest BCUT2D eigenvalue weighted by Gasteiger charge is 2.16. The van der Waals surface area contributed by atoms with Crippen LogP contribution in [0.3, 0.4) is 0 Å². The van der Waals surface area contributed by atoms with E-state index in [1.165, 1.54) is 6.92 Å². The molecule has 2 aromatic rings. The van der Waals surface area contributed by atoms with Crippen LogP contribution in [0.1, 0.15) is 46.8 Å². The van der Waals surface area contributed by atoms with E-state index in [2.05, 4.69) is 27.0 Å². The molecule has 0 spiro atoms. The standard InChI is InChI=1S/C24H30N4O3/c1-16-11-17(2)13-21(12-16)27-24(26-15-22-5-4-10-31-22)28-23(30)20-8-6-19(7-9-20)14-25-18(3)29/h6-9,11-13,22H,4-5,10,14-15H2,1-3H3,(H,25,29)(H2,26,27,28,30)/t22-/m0/s1. The van der Waals surface area contributed by atoms with E-state index in [1.54, 1.807) is 12.1 Å². The first kappa shape index (κ1) is 22.5. The van der Waals surface area contributed by atoms with Crippen LogP contribution in [-0.4, -0.2) is 37.0 Å². The van der Waals surface area contributed by atoms with Gasteiger partial charge in [-0.05, 0) is 67.6 Å². The first-order chi connectivity index (χ1) is 14.9. The maximum absolute atomic E-state index is 12.8. The number of nitrogens with one attached hydrogen (secondary N) is 3. The molecule has 1 aliphatic rings. The molecule has 2 amide bonds. The SMILES string of the molecule is CC(=O)NCc1ccc(C(=O)NC(=NC[C@@H]2CCCO2)Nc2cc(C)cc(C)c2)cc1. The van der Waals surface area contributed by atoms with Gasteiger partial charge in [-0.2, -0.15) is 0 Å². The number of rotatable bonds is 6. The number of hydrogen-bond donors (Lipinski definition) is 3. The summed E-state index contributed by atoms with van der Waals surface area (Å²) >= 11 is 0. The first-order valence-corrected chi connectivity index (χ1v) is 10.5. The quantitative estimate of drug-likeness (QED) is 0.492. The lowest BCUT2D eigenvalue weighted by molar-refractivity contribution is -0.119. The minimum Gasteiger partial charge on any atom is -0.376 e. The number of nitrogens with zero attached hydrogens (tertiary/aromatic N) is 1. The molecule has 1 atom stereocenters. The number of aryl methyl sites for hydroxylation is 2. The molecule has 0 aromatic heterocycles. The lowest BCUT2D eigenvalue weighted by Crippen LogP contribution is -2.36. The monoisotopic (exact) mass is 422 g/mol. The normalized spacial score (nSPS) is 16.1. The van der Waals surface area contributed by atoms with Crippen molar-refractivity contribution in [2.45, 2.75) is 46.3 Å². The van der Waals surface area contributed by atoms with Crippen molar-refractivity contribution >= 4 is 23.5 Å². The molecule has 7 heteroatoms. The molecule has 0 aliphatic carbocycles. The zero-order chi connectivity index (χ0) is 22.2. The highest BCUT2D eigenvalue weighted by Crippen LogP contribution is 2.15. The second kappa shape index (κ2) is 10.7. The maximum atomic E-state index is 12.8. The van der Waals surface area contributed by atoms with Crippen molar-refractivity contribution in [1.82, 2.24) is 10.6 Å². The molecule has 31 heavy (non-hydrogen) atoms. The Balaban J connectivity index is 1.71. The summed E-state index contributed by atoms with van der Waals surface area (Å²) < 4.78 is 5.66. The van der Waals surface area contributed by atoms with E-state index >= 15 is 0 Å². The van der Waals surface area contributed by atoms with Crippen LogP contribution >= 0.6 is 0 Å².